The molecule has 0 aliphatic heterocycles. The van der Waals surface area contributed by atoms with Gasteiger partial charge >= 0.3 is 0 Å². The van der Waals surface area contributed by atoms with E-state index in [-0.39, 0.29) is 0 Å². The van der Waals surface area contributed by atoms with Gasteiger partial charge in [0.25, 0.3) is 0 Å². The van der Waals surface area contributed by atoms with Gasteiger partial charge in [-0.15, -0.1) is 0 Å². The van der Waals surface area contributed by atoms with Gasteiger partial charge in [0.1, 0.15) is 11.6 Å². The van der Waals surface area contributed by atoms with Crippen LogP contribution >= 0.6 is 11.6 Å². The molecule has 0 radical (unpaired) electrons. The minimum Gasteiger partial charge on any atom is -0.371 e. The predicted octanol–water partition coefficient (Wildman–Crippen LogP) is 1.89. The van der Waals surface area contributed by atoms with E-state index in [1.54, 1.807) is 26.0 Å². The predicted molar refractivity (Wildman–Crippen MR) is 63.1 cm³/mol. The second-order valence-corrected chi connectivity index (χ2v) is 4.35. The summed E-state index contributed by atoms with van der Waals surface area (Å²) >= 11 is 5.76. The van der Waals surface area contributed by atoms with Crippen molar-refractivity contribution in [1.29, 1.82) is 5.26 Å². The Kier molecular flexibility index (Phi) is 3.41. The number of carbonyl (C=O) groups is 1. The van der Waals surface area contributed by atoms with Crippen LogP contribution in [0.15, 0.2) is 18.2 Å². The van der Waals surface area contributed by atoms with E-state index in [1.165, 1.54) is 6.07 Å². The van der Waals surface area contributed by atoms with E-state index in [1.807, 2.05) is 6.07 Å². The van der Waals surface area contributed by atoms with E-state index >= 15 is 0 Å². The summed E-state index contributed by atoms with van der Waals surface area (Å²) in [4.78, 5) is 11.1. The second-order valence-electron chi connectivity index (χ2n) is 3.92. The molecule has 0 bridgehead atoms. The Labute approximate surface area is 99.0 Å². The highest BCUT2D eigenvalue weighted by atomic mass is 35.5. The van der Waals surface area contributed by atoms with E-state index in [2.05, 4.69) is 5.32 Å². The fraction of sp³-hybridized carbons (Fsp3) is 0.273. The summed E-state index contributed by atoms with van der Waals surface area (Å²) in [5, 5.41) is 12.3. The van der Waals surface area contributed by atoms with Crippen molar-refractivity contribution in [2.45, 2.75) is 19.4 Å². The van der Waals surface area contributed by atoms with E-state index < -0.39 is 11.4 Å². The largest absolute Gasteiger partial charge is 0.371 e. The molecule has 0 heterocycles. The molecule has 1 amide bonds. The number of anilines is 1. The van der Waals surface area contributed by atoms with Gasteiger partial charge in [-0.2, -0.15) is 5.26 Å². The van der Waals surface area contributed by atoms with Gasteiger partial charge in [-0.3, -0.25) is 4.79 Å². The lowest BCUT2D eigenvalue weighted by atomic mass is 10.0. The van der Waals surface area contributed by atoms with Crippen LogP contribution in [0.5, 0.6) is 0 Å². The standard InChI is InChI=1S/C11H12ClN3O/c1-11(2,10(14)16)15-9-4-3-8(12)5-7(9)6-13/h3-5,15H,1-2H3,(H2,14,16). The van der Waals surface area contributed by atoms with E-state index in [4.69, 9.17) is 22.6 Å². The number of primary amides is 1. The van der Waals surface area contributed by atoms with Gasteiger partial charge in [-0.05, 0) is 32.0 Å². The molecule has 0 spiro atoms. The number of carbonyl (C=O) groups excluding carboxylic acids is 1. The number of nitrogens with zero attached hydrogens (tertiary/aromatic N) is 1. The molecule has 5 heteroatoms. The Balaban J connectivity index is 3.08. The summed E-state index contributed by atoms with van der Waals surface area (Å²) in [6.45, 7) is 3.29. The molecule has 0 saturated carbocycles. The molecule has 16 heavy (non-hydrogen) atoms. The van der Waals surface area contributed by atoms with Gasteiger partial charge in [0.2, 0.25) is 5.91 Å². The van der Waals surface area contributed by atoms with Crippen LogP contribution in [0.3, 0.4) is 0 Å². The van der Waals surface area contributed by atoms with Crippen molar-refractivity contribution in [1.82, 2.24) is 0 Å². The third-order valence-electron chi connectivity index (χ3n) is 2.17. The lowest BCUT2D eigenvalue weighted by Gasteiger charge is -2.24. The first-order valence-electron chi connectivity index (χ1n) is 4.64. The molecular formula is C11H12ClN3O. The maximum Gasteiger partial charge on any atom is 0.242 e. The molecule has 1 aromatic rings. The maximum atomic E-state index is 11.1. The molecule has 4 nitrogen and oxygen atoms in total. The highest BCUT2D eigenvalue weighted by Crippen LogP contribution is 2.22. The molecular weight excluding hydrogens is 226 g/mol. The third kappa shape index (κ3) is 2.65. The zero-order valence-corrected chi connectivity index (χ0v) is 9.80. The van der Waals surface area contributed by atoms with Crippen LogP contribution in [-0.2, 0) is 4.79 Å². The van der Waals surface area contributed by atoms with Gasteiger partial charge in [0.05, 0.1) is 11.3 Å². The summed E-state index contributed by atoms with van der Waals surface area (Å²) in [7, 11) is 0. The number of halogens is 1. The van der Waals surface area contributed by atoms with E-state index in [9.17, 15) is 4.79 Å². The lowest BCUT2D eigenvalue weighted by molar-refractivity contribution is -0.121. The van der Waals surface area contributed by atoms with Crippen LogP contribution in [0.1, 0.15) is 19.4 Å². The van der Waals surface area contributed by atoms with Crippen LogP contribution in [0.2, 0.25) is 5.02 Å². The van der Waals surface area contributed by atoms with Crippen LogP contribution in [0.25, 0.3) is 0 Å². The first-order valence-corrected chi connectivity index (χ1v) is 5.02. The Bertz CT molecular complexity index is 463. The van der Waals surface area contributed by atoms with Gasteiger partial charge in [0.15, 0.2) is 0 Å². The number of amides is 1. The molecule has 0 unspecified atom stereocenters. The molecule has 1 aromatic carbocycles. The summed E-state index contributed by atoms with van der Waals surface area (Å²) < 4.78 is 0. The monoisotopic (exact) mass is 237 g/mol. The number of hydrogen-bond acceptors (Lipinski definition) is 3. The topological polar surface area (TPSA) is 78.9 Å². The van der Waals surface area contributed by atoms with Crippen LogP contribution in [-0.4, -0.2) is 11.4 Å². The van der Waals surface area contributed by atoms with Gasteiger partial charge in [-0.25, -0.2) is 0 Å². The molecule has 0 fully saturated rings. The minimum atomic E-state index is -0.917. The van der Waals surface area contributed by atoms with Crippen molar-refractivity contribution in [2.75, 3.05) is 5.32 Å². The lowest BCUT2D eigenvalue weighted by Crippen LogP contribution is -2.45. The number of nitrogens with one attached hydrogen (secondary N) is 1. The third-order valence-corrected chi connectivity index (χ3v) is 2.40. The van der Waals surface area contributed by atoms with Crippen molar-refractivity contribution in [3.05, 3.63) is 28.8 Å². The Morgan fingerprint density at radius 2 is 2.19 bits per heavy atom. The van der Waals surface area contributed by atoms with Gasteiger partial charge in [-0.1, -0.05) is 11.6 Å². The average molecular weight is 238 g/mol. The van der Waals surface area contributed by atoms with Gasteiger partial charge in [0, 0.05) is 5.02 Å². The fourth-order valence-corrected chi connectivity index (χ4v) is 1.29. The fourth-order valence-electron chi connectivity index (χ4n) is 1.12. The summed E-state index contributed by atoms with van der Waals surface area (Å²) in [6, 6.07) is 6.81. The Morgan fingerprint density at radius 1 is 1.56 bits per heavy atom. The Morgan fingerprint density at radius 3 is 2.69 bits per heavy atom. The first-order chi connectivity index (χ1) is 7.36. The molecule has 0 aromatic heterocycles. The zero-order chi connectivity index (χ0) is 12.3. The molecule has 0 saturated heterocycles. The van der Waals surface area contributed by atoms with Crippen LogP contribution in [0, 0.1) is 11.3 Å². The van der Waals surface area contributed by atoms with Crippen molar-refractivity contribution < 1.29 is 4.79 Å². The number of hydrogen-bond donors (Lipinski definition) is 2. The van der Waals surface area contributed by atoms with E-state index in [0.717, 1.165) is 0 Å². The minimum absolute atomic E-state index is 0.377. The van der Waals surface area contributed by atoms with E-state index in [0.29, 0.717) is 16.3 Å². The van der Waals surface area contributed by atoms with Crippen molar-refractivity contribution in [3.8, 4) is 6.07 Å². The SMILES string of the molecule is CC(C)(Nc1ccc(Cl)cc1C#N)C(N)=O. The molecule has 0 aliphatic carbocycles. The quantitative estimate of drug-likeness (QED) is 0.843. The molecule has 1 rings (SSSR count). The molecule has 0 aliphatic rings. The summed E-state index contributed by atoms with van der Waals surface area (Å²) in [6.07, 6.45) is 0. The molecule has 84 valence electrons. The van der Waals surface area contributed by atoms with Crippen LogP contribution < -0.4 is 11.1 Å². The smallest absolute Gasteiger partial charge is 0.242 e. The average Bonchev–Trinajstić information content (AvgIpc) is 2.20. The normalized spacial score (nSPS) is 10.6. The summed E-state index contributed by atoms with van der Waals surface area (Å²) in [5.41, 5.74) is 5.23. The second kappa shape index (κ2) is 4.42. The number of nitrogens with two attached hydrogens (primary N) is 1. The number of benzene rings is 1. The van der Waals surface area contributed by atoms with Crippen molar-refractivity contribution in [2.24, 2.45) is 5.73 Å². The zero-order valence-electron chi connectivity index (χ0n) is 9.04. The van der Waals surface area contributed by atoms with Crippen molar-refractivity contribution >= 4 is 23.2 Å². The van der Waals surface area contributed by atoms with Crippen LogP contribution in [0.4, 0.5) is 5.69 Å². The molecule has 3 N–H and O–H groups in total. The van der Waals surface area contributed by atoms with Gasteiger partial charge < -0.3 is 11.1 Å². The Hall–Kier alpha value is -1.73. The maximum absolute atomic E-state index is 11.1. The summed E-state index contributed by atoms with van der Waals surface area (Å²) in [5.74, 6) is -0.494. The number of nitriles is 1. The highest BCUT2D eigenvalue weighted by Gasteiger charge is 2.25. The number of rotatable bonds is 3. The van der Waals surface area contributed by atoms with Crippen molar-refractivity contribution in [3.63, 3.8) is 0 Å². The highest BCUT2D eigenvalue weighted by molar-refractivity contribution is 6.30. The molecule has 0 atom stereocenters. The first kappa shape index (κ1) is 12.3.